The van der Waals surface area contributed by atoms with Crippen molar-refractivity contribution >= 4 is 23.5 Å². The van der Waals surface area contributed by atoms with Gasteiger partial charge in [-0.15, -0.1) is 0 Å². The molecule has 1 saturated heterocycles. The Morgan fingerprint density at radius 2 is 1.81 bits per heavy atom. The Balaban J connectivity index is 1.64. The van der Waals surface area contributed by atoms with Crippen molar-refractivity contribution in [3.63, 3.8) is 0 Å². The maximum atomic E-state index is 12.5. The summed E-state index contributed by atoms with van der Waals surface area (Å²) >= 11 is 0. The molecule has 0 radical (unpaired) electrons. The normalized spacial score (nSPS) is 14.0. The van der Waals surface area contributed by atoms with E-state index in [-0.39, 0.29) is 11.8 Å². The van der Waals surface area contributed by atoms with Crippen LogP contribution in [0.25, 0.3) is 0 Å². The highest BCUT2D eigenvalue weighted by Gasteiger charge is 2.21. The first-order valence-electron chi connectivity index (χ1n) is 8.94. The minimum Gasteiger partial charge on any atom is -0.494 e. The molecule has 1 N–H and O–H groups in total. The molecule has 0 saturated carbocycles. The molecule has 0 atom stereocenters. The maximum absolute atomic E-state index is 12.5. The third-order valence-electron chi connectivity index (χ3n) is 4.31. The van der Waals surface area contributed by atoms with E-state index in [2.05, 4.69) is 15.3 Å². The summed E-state index contributed by atoms with van der Waals surface area (Å²) in [6.45, 7) is 6.62. The molecule has 2 amide bonds. The number of hydrogen-bond acceptors (Lipinski definition) is 6. The number of carbonyl (C=O) groups is 2. The first-order chi connectivity index (χ1) is 13.1. The zero-order valence-corrected chi connectivity index (χ0v) is 15.5. The number of anilines is 2. The van der Waals surface area contributed by atoms with Crippen LogP contribution < -0.4 is 15.0 Å². The second kappa shape index (κ2) is 8.48. The van der Waals surface area contributed by atoms with Crippen molar-refractivity contribution in [2.24, 2.45) is 0 Å². The molecule has 1 aromatic heterocycles. The lowest BCUT2D eigenvalue weighted by molar-refractivity contribution is -0.129. The third-order valence-corrected chi connectivity index (χ3v) is 4.31. The van der Waals surface area contributed by atoms with Crippen LogP contribution in [0, 0.1) is 0 Å². The number of aromatic nitrogens is 2. The van der Waals surface area contributed by atoms with Gasteiger partial charge in [0.05, 0.1) is 6.61 Å². The number of hydrogen-bond donors (Lipinski definition) is 1. The van der Waals surface area contributed by atoms with Gasteiger partial charge >= 0.3 is 0 Å². The summed E-state index contributed by atoms with van der Waals surface area (Å²) in [5.41, 5.74) is 0.960. The highest BCUT2D eigenvalue weighted by molar-refractivity contribution is 6.03. The smallest absolute Gasteiger partial charge is 0.274 e. The van der Waals surface area contributed by atoms with Gasteiger partial charge in [0.2, 0.25) is 11.9 Å². The van der Waals surface area contributed by atoms with Crippen molar-refractivity contribution in [2.75, 3.05) is 43.0 Å². The molecule has 1 aliphatic rings. The number of nitrogens with zero attached hydrogens (tertiary/aromatic N) is 4. The molecule has 3 rings (SSSR count). The molecule has 27 heavy (non-hydrogen) atoms. The van der Waals surface area contributed by atoms with Crippen molar-refractivity contribution in [1.29, 1.82) is 0 Å². The standard InChI is InChI=1S/C19H23N5O3/c1-3-27-16-6-4-15(5-7-16)21-18(26)17-8-9-20-19(22-17)24-12-10-23(11-13-24)14(2)25/h4-9H,3,10-13H2,1-2H3,(H,21,26). The Kier molecular flexibility index (Phi) is 5.85. The van der Waals surface area contributed by atoms with Crippen molar-refractivity contribution in [2.45, 2.75) is 13.8 Å². The topological polar surface area (TPSA) is 87.7 Å². The molecule has 142 valence electrons. The third kappa shape index (κ3) is 4.72. The SMILES string of the molecule is CCOc1ccc(NC(=O)c2ccnc(N3CCN(C(C)=O)CC3)n2)cc1. The lowest BCUT2D eigenvalue weighted by Gasteiger charge is -2.34. The van der Waals surface area contributed by atoms with Crippen LogP contribution in [0.3, 0.4) is 0 Å². The van der Waals surface area contributed by atoms with Crippen LogP contribution in [0.15, 0.2) is 36.5 Å². The van der Waals surface area contributed by atoms with Gasteiger partial charge in [0, 0.05) is 45.0 Å². The van der Waals surface area contributed by atoms with Gasteiger partial charge in [0.1, 0.15) is 11.4 Å². The number of ether oxygens (including phenoxy) is 1. The van der Waals surface area contributed by atoms with Gasteiger partial charge in [-0.3, -0.25) is 9.59 Å². The molecule has 2 aromatic rings. The molecule has 1 fully saturated rings. The van der Waals surface area contributed by atoms with Crippen molar-refractivity contribution in [3.8, 4) is 5.75 Å². The Morgan fingerprint density at radius 3 is 2.44 bits per heavy atom. The highest BCUT2D eigenvalue weighted by Crippen LogP contribution is 2.17. The summed E-state index contributed by atoms with van der Waals surface area (Å²) in [5.74, 6) is 1.02. The predicted molar refractivity (Wildman–Crippen MR) is 102 cm³/mol. The lowest BCUT2D eigenvalue weighted by atomic mass is 10.3. The van der Waals surface area contributed by atoms with E-state index in [1.54, 1.807) is 48.4 Å². The van der Waals surface area contributed by atoms with Crippen molar-refractivity contribution < 1.29 is 14.3 Å². The first kappa shape index (κ1) is 18.6. The first-order valence-corrected chi connectivity index (χ1v) is 8.94. The zero-order valence-electron chi connectivity index (χ0n) is 15.5. The summed E-state index contributed by atoms with van der Waals surface area (Å²) < 4.78 is 5.39. The van der Waals surface area contributed by atoms with Crippen molar-refractivity contribution in [3.05, 3.63) is 42.2 Å². The maximum Gasteiger partial charge on any atom is 0.274 e. The molecule has 1 aromatic carbocycles. The lowest BCUT2D eigenvalue weighted by Crippen LogP contribution is -2.48. The Morgan fingerprint density at radius 1 is 1.11 bits per heavy atom. The minimum atomic E-state index is -0.301. The second-order valence-corrected chi connectivity index (χ2v) is 6.15. The summed E-state index contributed by atoms with van der Waals surface area (Å²) in [5, 5.41) is 2.82. The summed E-state index contributed by atoms with van der Waals surface area (Å²) in [4.78, 5) is 36.4. The monoisotopic (exact) mass is 369 g/mol. The Hall–Kier alpha value is -3.16. The van der Waals surface area contributed by atoms with E-state index in [0.29, 0.717) is 50.1 Å². The van der Waals surface area contributed by atoms with Gasteiger partial charge in [-0.1, -0.05) is 0 Å². The average molecular weight is 369 g/mol. The fourth-order valence-corrected chi connectivity index (χ4v) is 2.84. The molecule has 8 nitrogen and oxygen atoms in total. The van der Waals surface area contributed by atoms with E-state index < -0.39 is 0 Å². The number of nitrogens with one attached hydrogen (secondary N) is 1. The predicted octanol–water partition coefficient (Wildman–Crippen LogP) is 1.80. The Labute approximate surface area is 158 Å². The number of piperazine rings is 1. The van der Waals surface area contributed by atoms with E-state index in [1.165, 1.54) is 0 Å². The molecule has 0 aliphatic carbocycles. The molecular weight excluding hydrogens is 346 g/mol. The van der Waals surface area contributed by atoms with Gasteiger partial charge < -0.3 is 19.9 Å². The van der Waals surface area contributed by atoms with Crippen LogP contribution in [0.4, 0.5) is 11.6 Å². The summed E-state index contributed by atoms with van der Waals surface area (Å²) in [6.07, 6.45) is 1.58. The number of amides is 2. The number of benzene rings is 1. The molecular formula is C19H23N5O3. The molecule has 0 unspecified atom stereocenters. The number of rotatable bonds is 5. The van der Waals surface area contributed by atoms with Crippen molar-refractivity contribution in [1.82, 2.24) is 14.9 Å². The van der Waals surface area contributed by atoms with Crippen LogP contribution in [0.2, 0.25) is 0 Å². The van der Waals surface area contributed by atoms with E-state index in [4.69, 9.17) is 4.74 Å². The number of carbonyl (C=O) groups excluding carboxylic acids is 2. The molecule has 1 aliphatic heterocycles. The van der Waals surface area contributed by atoms with Gasteiger partial charge in [0.25, 0.3) is 5.91 Å². The van der Waals surface area contributed by atoms with Crippen LogP contribution >= 0.6 is 0 Å². The fourth-order valence-electron chi connectivity index (χ4n) is 2.84. The fraction of sp³-hybridized carbons (Fsp3) is 0.368. The minimum absolute atomic E-state index is 0.0686. The van der Waals surface area contributed by atoms with Gasteiger partial charge in [-0.2, -0.15) is 0 Å². The Bertz CT molecular complexity index is 801. The summed E-state index contributed by atoms with van der Waals surface area (Å²) in [7, 11) is 0. The van der Waals surface area contributed by atoms with E-state index in [0.717, 1.165) is 5.75 Å². The van der Waals surface area contributed by atoms with Gasteiger partial charge in [-0.05, 0) is 37.3 Å². The van der Waals surface area contributed by atoms with Crippen LogP contribution in [-0.2, 0) is 4.79 Å². The largest absolute Gasteiger partial charge is 0.494 e. The molecule has 0 spiro atoms. The highest BCUT2D eigenvalue weighted by atomic mass is 16.5. The van der Waals surface area contributed by atoms with E-state index in [9.17, 15) is 9.59 Å². The average Bonchev–Trinajstić information content (AvgIpc) is 2.70. The quantitative estimate of drug-likeness (QED) is 0.865. The van der Waals surface area contributed by atoms with E-state index >= 15 is 0 Å². The van der Waals surface area contributed by atoms with Crippen LogP contribution in [0.1, 0.15) is 24.3 Å². The van der Waals surface area contributed by atoms with Crippen LogP contribution in [0.5, 0.6) is 5.75 Å². The van der Waals surface area contributed by atoms with Crippen LogP contribution in [-0.4, -0.2) is 59.5 Å². The van der Waals surface area contributed by atoms with Gasteiger partial charge in [0.15, 0.2) is 0 Å². The molecule has 2 heterocycles. The zero-order chi connectivity index (χ0) is 19.2. The molecule has 0 bridgehead atoms. The van der Waals surface area contributed by atoms with Gasteiger partial charge in [-0.25, -0.2) is 9.97 Å². The molecule has 8 heteroatoms. The summed E-state index contributed by atoms with van der Waals surface area (Å²) in [6, 6.07) is 8.76. The second-order valence-electron chi connectivity index (χ2n) is 6.15. The van der Waals surface area contributed by atoms with E-state index in [1.807, 2.05) is 11.8 Å².